The zero-order chi connectivity index (χ0) is 19.8. The minimum atomic E-state index is 0.544. The molecule has 3 heteroatoms. The number of aromatic nitrogens is 2. The van der Waals surface area contributed by atoms with Crippen LogP contribution in [0, 0.1) is 0 Å². The lowest BCUT2D eigenvalue weighted by atomic mass is 10.0. The van der Waals surface area contributed by atoms with E-state index in [1.165, 1.54) is 0 Å². The van der Waals surface area contributed by atoms with Crippen molar-refractivity contribution in [2.75, 3.05) is 0 Å². The Morgan fingerprint density at radius 1 is 0.793 bits per heavy atom. The number of hydrogen-bond donors (Lipinski definition) is 0. The third-order valence-corrected chi connectivity index (χ3v) is 5.29. The van der Waals surface area contributed by atoms with Gasteiger partial charge in [-0.3, -0.25) is 4.79 Å². The number of nitrogens with zero attached hydrogens (tertiary/aromatic N) is 2. The first-order chi connectivity index (χ1) is 14.3. The van der Waals surface area contributed by atoms with Crippen LogP contribution in [0.1, 0.15) is 15.9 Å². The third kappa shape index (κ3) is 2.84. The highest BCUT2D eigenvalue weighted by Crippen LogP contribution is 2.31. The first kappa shape index (κ1) is 17.1. The second-order valence-electron chi connectivity index (χ2n) is 7.00. The van der Waals surface area contributed by atoms with Crippen LogP contribution in [0.2, 0.25) is 0 Å². The van der Waals surface area contributed by atoms with Crippen LogP contribution < -0.4 is 0 Å². The van der Waals surface area contributed by atoms with Gasteiger partial charge >= 0.3 is 0 Å². The largest absolute Gasteiger partial charge is 0.298 e. The van der Waals surface area contributed by atoms with Crippen molar-refractivity contribution in [1.82, 2.24) is 9.78 Å². The van der Waals surface area contributed by atoms with Gasteiger partial charge < -0.3 is 0 Å². The highest BCUT2D eigenvalue weighted by Gasteiger charge is 2.16. The van der Waals surface area contributed by atoms with E-state index in [9.17, 15) is 4.79 Å². The Kier molecular flexibility index (Phi) is 4.07. The number of hydrogen-bond acceptors (Lipinski definition) is 2. The molecule has 29 heavy (non-hydrogen) atoms. The molecule has 1 aromatic heterocycles. The summed E-state index contributed by atoms with van der Waals surface area (Å²) in [6, 6.07) is 28.5. The predicted molar refractivity (Wildman–Crippen MR) is 119 cm³/mol. The van der Waals surface area contributed by atoms with Gasteiger partial charge in [-0.15, -0.1) is 0 Å². The predicted octanol–water partition coefficient (Wildman–Crippen LogP) is 6.19. The average molecular weight is 374 g/mol. The first-order valence-electron chi connectivity index (χ1n) is 9.46. The molecule has 5 aromatic rings. The highest BCUT2D eigenvalue weighted by molar-refractivity contribution is 6.00. The number of carbonyl (C=O) groups excluding carboxylic acids is 1. The van der Waals surface area contributed by atoms with Crippen LogP contribution in [0.25, 0.3) is 38.5 Å². The van der Waals surface area contributed by atoms with Crippen LogP contribution in [-0.2, 0) is 0 Å². The van der Waals surface area contributed by atoms with Gasteiger partial charge in [0.05, 0.1) is 11.3 Å². The van der Waals surface area contributed by atoms with Crippen molar-refractivity contribution in [1.29, 1.82) is 0 Å². The molecule has 0 fully saturated rings. The van der Waals surface area contributed by atoms with Gasteiger partial charge in [-0.25, -0.2) is 4.68 Å². The van der Waals surface area contributed by atoms with Crippen molar-refractivity contribution in [3.05, 3.63) is 109 Å². The topological polar surface area (TPSA) is 34.9 Å². The minimum absolute atomic E-state index is 0.544. The third-order valence-electron chi connectivity index (χ3n) is 5.29. The maximum atomic E-state index is 11.8. The molecule has 0 amide bonds. The van der Waals surface area contributed by atoms with Crippen LogP contribution in [0.15, 0.2) is 97.7 Å². The minimum Gasteiger partial charge on any atom is -0.298 e. The van der Waals surface area contributed by atoms with Crippen molar-refractivity contribution >= 4 is 33.5 Å². The van der Waals surface area contributed by atoms with Crippen LogP contribution in [0.3, 0.4) is 0 Å². The molecule has 0 aliphatic carbocycles. The zero-order valence-corrected chi connectivity index (χ0v) is 15.7. The molecule has 0 unspecified atom stereocenters. The lowest BCUT2D eigenvalue weighted by Gasteiger charge is -2.10. The summed E-state index contributed by atoms with van der Waals surface area (Å²) in [7, 11) is 0. The lowest BCUT2D eigenvalue weighted by molar-refractivity contribution is 0.112. The van der Waals surface area contributed by atoms with Gasteiger partial charge in [-0.1, -0.05) is 91.5 Å². The summed E-state index contributed by atoms with van der Waals surface area (Å²) in [5, 5.41) is 9.20. The van der Waals surface area contributed by atoms with E-state index in [4.69, 9.17) is 5.10 Å². The van der Waals surface area contributed by atoms with Crippen molar-refractivity contribution in [2.24, 2.45) is 0 Å². The monoisotopic (exact) mass is 374 g/mol. The standard InChI is InChI=1S/C26H18N2O/c1-18(22-14-6-10-19-8-2-4-12-23(19)22)28-16-21(17-29)26(27-28)25-15-7-11-20-9-3-5-13-24(20)25/h2-17H,1H2. The Morgan fingerprint density at radius 3 is 2.17 bits per heavy atom. The molecule has 5 rings (SSSR count). The summed E-state index contributed by atoms with van der Waals surface area (Å²) in [6.07, 6.45) is 2.62. The number of carbonyl (C=O) groups is 1. The average Bonchev–Trinajstić information content (AvgIpc) is 3.22. The first-order valence-corrected chi connectivity index (χ1v) is 9.46. The lowest BCUT2D eigenvalue weighted by Crippen LogP contribution is -1.99. The Bertz CT molecular complexity index is 1380. The Hall–Kier alpha value is -3.98. The van der Waals surface area contributed by atoms with E-state index in [1.54, 1.807) is 10.9 Å². The SMILES string of the molecule is C=C(c1cccc2ccccc12)n1cc(C=O)c(-c2cccc3ccccc23)n1. The molecule has 0 aliphatic rings. The second kappa shape index (κ2) is 6.88. The van der Waals surface area contributed by atoms with Crippen LogP contribution in [0.5, 0.6) is 0 Å². The number of rotatable bonds is 4. The van der Waals surface area contributed by atoms with Gasteiger partial charge in [-0.2, -0.15) is 5.10 Å². The molecular formula is C26H18N2O. The van der Waals surface area contributed by atoms with Gasteiger partial charge in [0.25, 0.3) is 0 Å². The molecule has 3 nitrogen and oxygen atoms in total. The molecule has 0 radical (unpaired) electrons. The van der Waals surface area contributed by atoms with Gasteiger partial charge in [0.1, 0.15) is 5.69 Å². The molecule has 0 saturated carbocycles. The molecule has 0 atom stereocenters. The smallest absolute Gasteiger partial charge is 0.153 e. The van der Waals surface area contributed by atoms with Gasteiger partial charge in [-0.05, 0) is 21.5 Å². The van der Waals surface area contributed by atoms with E-state index >= 15 is 0 Å². The Labute approximate surface area is 168 Å². The Morgan fingerprint density at radius 2 is 1.41 bits per heavy atom. The summed E-state index contributed by atoms with van der Waals surface area (Å²) in [4.78, 5) is 11.8. The molecule has 4 aromatic carbocycles. The normalized spacial score (nSPS) is 11.0. The maximum absolute atomic E-state index is 11.8. The van der Waals surface area contributed by atoms with Crippen molar-refractivity contribution in [2.45, 2.75) is 0 Å². The van der Waals surface area contributed by atoms with E-state index in [0.29, 0.717) is 11.3 Å². The second-order valence-corrected chi connectivity index (χ2v) is 7.00. The van der Waals surface area contributed by atoms with E-state index in [1.807, 2.05) is 48.5 Å². The van der Waals surface area contributed by atoms with E-state index in [0.717, 1.165) is 44.7 Å². The molecule has 0 aliphatic heterocycles. The summed E-state index contributed by atoms with van der Waals surface area (Å²) in [5.74, 6) is 0. The fourth-order valence-corrected chi connectivity index (χ4v) is 3.85. The maximum Gasteiger partial charge on any atom is 0.153 e. The summed E-state index contributed by atoms with van der Waals surface area (Å²) >= 11 is 0. The molecule has 1 heterocycles. The number of benzene rings is 4. The van der Waals surface area contributed by atoms with Crippen LogP contribution >= 0.6 is 0 Å². The van der Waals surface area contributed by atoms with Crippen molar-refractivity contribution in [3.63, 3.8) is 0 Å². The quantitative estimate of drug-likeness (QED) is 0.352. The number of aldehydes is 1. The highest BCUT2D eigenvalue weighted by atomic mass is 16.1. The molecule has 0 saturated heterocycles. The molecule has 0 spiro atoms. The summed E-state index contributed by atoms with van der Waals surface area (Å²) in [5.41, 5.74) is 3.87. The van der Waals surface area contributed by atoms with Gasteiger partial charge in [0.15, 0.2) is 6.29 Å². The fourth-order valence-electron chi connectivity index (χ4n) is 3.85. The summed E-state index contributed by atoms with van der Waals surface area (Å²) < 4.78 is 1.71. The molecule has 138 valence electrons. The van der Waals surface area contributed by atoms with Crippen LogP contribution in [-0.4, -0.2) is 16.1 Å². The Balaban J connectivity index is 1.67. The zero-order valence-electron chi connectivity index (χ0n) is 15.7. The molecule has 0 bridgehead atoms. The molecular weight excluding hydrogens is 356 g/mol. The van der Waals surface area contributed by atoms with Crippen LogP contribution in [0.4, 0.5) is 0 Å². The van der Waals surface area contributed by atoms with Gasteiger partial charge in [0, 0.05) is 17.3 Å². The summed E-state index contributed by atoms with van der Waals surface area (Å²) in [6.45, 7) is 4.27. The van der Waals surface area contributed by atoms with E-state index < -0.39 is 0 Å². The van der Waals surface area contributed by atoms with Crippen molar-refractivity contribution in [3.8, 4) is 11.3 Å². The van der Waals surface area contributed by atoms with E-state index in [-0.39, 0.29) is 0 Å². The fraction of sp³-hybridized carbons (Fsp3) is 0. The number of fused-ring (bicyclic) bond motifs is 2. The van der Waals surface area contributed by atoms with Crippen molar-refractivity contribution < 1.29 is 4.79 Å². The van der Waals surface area contributed by atoms with Gasteiger partial charge in [0.2, 0.25) is 0 Å². The molecule has 0 N–H and O–H groups in total. The van der Waals surface area contributed by atoms with E-state index in [2.05, 4.69) is 43.0 Å².